The standard InChI is InChI=1S/C13H17N5O/c1-8-11(5-4-6-15-8)16-12(19)7-18-10(3)13(14)9(2)17-18/h4-6H,7,14H2,1-3H3,(H,16,19). The topological polar surface area (TPSA) is 85.8 Å². The molecule has 0 saturated carbocycles. The van der Waals surface area contributed by atoms with Crippen molar-refractivity contribution in [3.05, 3.63) is 35.4 Å². The zero-order valence-electron chi connectivity index (χ0n) is 11.3. The van der Waals surface area contributed by atoms with Crippen molar-refractivity contribution in [3.63, 3.8) is 0 Å². The Balaban J connectivity index is 2.10. The number of aryl methyl sites for hydroxylation is 2. The van der Waals surface area contributed by atoms with Crippen molar-refractivity contribution in [2.24, 2.45) is 0 Å². The number of nitrogen functional groups attached to an aromatic ring is 1. The number of nitrogens with zero attached hydrogens (tertiary/aromatic N) is 3. The predicted octanol–water partition coefficient (Wildman–Crippen LogP) is 1.42. The third kappa shape index (κ3) is 2.73. The van der Waals surface area contributed by atoms with E-state index in [0.29, 0.717) is 11.4 Å². The molecule has 0 radical (unpaired) electrons. The number of carbonyl (C=O) groups excluding carboxylic acids is 1. The summed E-state index contributed by atoms with van der Waals surface area (Å²) in [7, 11) is 0. The van der Waals surface area contributed by atoms with Crippen LogP contribution in [0.15, 0.2) is 18.3 Å². The number of hydrogen-bond acceptors (Lipinski definition) is 4. The summed E-state index contributed by atoms with van der Waals surface area (Å²) in [6.07, 6.45) is 1.69. The number of carbonyl (C=O) groups is 1. The van der Waals surface area contributed by atoms with E-state index in [1.54, 1.807) is 16.9 Å². The third-order valence-electron chi connectivity index (χ3n) is 3.01. The van der Waals surface area contributed by atoms with Crippen LogP contribution in [-0.4, -0.2) is 20.7 Å². The molecule has 0 saturated heterocycles. The van der Waals surface area contributed by atoms with E-state index in [0.717, 1.165) is 17.1 Å². The van der Waals surface area contributed by atoms with E-state index in [1.807, 2.05) is 26.8 Å². The highest BCUT2D eigenvalue weighted by Gasteiger charge is 2.12. The molecule has 0 aromatic carbocycles. The lowest BCUT2D eigenvalue weighted by Gasteiger charge is -2.08. The number of aromatic nitrogens is 3. The molecule has 0 spiro atoms. The molecule has 6 nitrogen and oxygen atoms in total. The van der Waals surface area contributed by atoms with Gasteiger partial charge in [0, 0.05) is 6.20 Å². The molecular formula is C13H17N5O. The zero-order chi connectivity index (χ0) is 14.0. The molecule has 0 atom stereocenters. The maximum absolute atomic E-state index is 12.0. The molecule has 6 heteroatoms. The summed E-state index contributed by atoms with van der Waals surface area (Å²) in [4.78, 5) is 16.1. The molecule has 1 amide bonds. The van der Waals surface area contributed by atoms with E-state index in [2.05, 4.69) is 15.4 Å². The van der Waals surface area contributed by atoms with Crippen molar-refractivity contribution in [2.45, 2.75) is 27.3 Å². The molecule has 2 rings (SSSR count). The number of rotatable bonds is 3. The summed E-state index contributed by atoms with van der Waals surface area (Å²) in [6.45, 7) is 5.65. The van der Waals surface area contributed by atoms with Crippen LogP contribution < -0.4 is 11.1 Å². The number of hydrogen-bond donors (Lipinski definition) is 2. The van der Waals surface area contributed by atoms with Crippen LogP contribution in [0.3, 0.4) is 0 Å². The Bertz CT molecular complexity index is 617. The average molecular weight is 259 g/mol. The summed E-state index contributed by atoms with van der Waals surface area (Å²) in [5.74, 6) is -0.151. The molecular weight excluding hydrogens is 242 g/mol. The van der Waals surface area contributed by atoms with Gasteiger partial charge >= 0.3 is 0 Å². The largest absolute Gasteiger partial charge is 0.396 e. The first-order valence-electron chi connectivity index (χ1n) is 6.00. The van der Waals surface area contributed by atoms with Crippen LogP contribution in [0, 0.1) is 20.8 Å². The van der Waals surface area contributed by atoms with Gasteiger partial charge in [-0.15, -0.1) is 0 Å². The van der Waals surface area contributed by atoms with Crippen molar-refractivity contribution < 1.29 is 4.79 Å². The maximum atomic E-state index is 12.0. The third-order valence-corrected chi connectivity index (χ3v) is 3.01. The molecule has 0 unspecified atom stereocenters. The summed E-state index contributed by atoms with van der Waals surface area (Å²) >= 11 is 0. The Morgan fingerprint density at radius 1 is 1.37 bits per heavy atom. The zero-order valence-corrected chi connectivity index (χ0v) is 11.3. The Kier molecular flexibility index (Phi) is 3.50. The fraction of sp³-hybridized carbons (Fsp3) is 0.308. The van der Waals surface area contributed by atoms with Crippen LogP contribution >= 0.6 is 0 Å². The van der Waals surface area contributed by atoms with Crippen molar-refractivity contribution in [2.75, 3.05) is 11.1 Å². The number of amides is 1. The van der Waals surface area contributed by atoms with E-state index in [4.69, 9.17) is 5.73 Å². The molecule has 19 heavy (non-hydrogen) atoms. The van der Waals surface area contributed by atoms with E-state index in [1.165, 1.54) is 0 Å². The Morgan fingerprint density at radius 2 is 2.11 bits per heavy atom. The van der Waals surface area contributed by atoms with E-state index < -0.39 is 0 Å². The smallest absolute Gasteiger partial charge is 0.246 e. The molecule has 2 aromatic heterocycles. The van der Waals surface area contributed by atoms with Gasteiger partial charge in [0.1, 0.15) is 6.54 Å². The number of nitrogens with two attached hydrogens (primary N) is 1. The first-order valence-corrected chi connectivity index (χ1v) is 6.00. The van der Waals surface area contributed by atoms with Crippen molar-refractivity contribution >= 4 is 17.3 Å². The highest BCUT2D eigenvalue weighted by Crippen LogP contribution is 2.15. The Hall–Kier alpha value is -2.37. The van der Waals surface area contributed by atoms with E-state index >= 15 is 0 Å². The van der Waals surface area contributed by atoms with Crippen LogP contribution in [0.2, 0.25) is 0 Å². The van der Waals surface area contributed by atoms with Gasteiger partial charge in [-0.3, -0.25) is 14.5 Å². The van der Waals surface area contributed by atoms with Crippen molar-refractivity contribution in [1.82, 2.24) is 14.8 Å². The Labute approximate surface area is 111 Å². The van der Waals surface area contributed by atoms with Crippen LogP contribution in [0.5, 0.6) is 0 Å². The highest BCUT2D eigenvalue weighted by atomic mass is 16.2. The number of pyridine rings is 1. The molecule has 2 heterocycles. The van der Waals surface area contributed by atoms with Crippen LogP contribution in [0.25, 0.3) is 0 Å². The van der Waals surface area contributed by atoms with E-state index in [-0.39, 0.29) is 12.5 Å². The lowest BCUT2D eigenvalue weighted by Crippen LogP contribution is -2.21. The minimum atomic E-state index is -0.151. The first kappa shape index (κ1) is 13.1. The monoisotopic (exact) mass is 259 g/mol. The van der Waals surface area contributed by atoms with Gasteiger partial charge in [0.25, 0.3) is 0 Å². The molecule has 0 aliphatic rings. The quantitative estimate of drug-likeness (QED) is 0.873. The van der Waals surface area contributed by atoms with E-state index in [9.17, 15) is 4.79 Å². The highest BCUT2D eigenvalue weighted by molar-refractivity contribution is 5.91. The molecule has 0 bridgehead atoms. The lowest BCUT2D eigenvalue weighted by molar-refractivity contribution is -0.116. The van der Waals surface area contributed by atoms with Gasteiger partial charge in [-0.2, -0.15) is 5.10 Å². The fourth-order valence-corrected chi connectivity index (χ4v) is 1.81. The van der Waals surface area contributed by atoms with Gasteiger partial charge < -0.3 is 11.1 Å². The summed E-state index contributed by atoms with van der Waals surface area (Å²) in [5.41, 5.74) is 9.49. The van der Waals surface area contributed by atoms with Crippen LogP contribution in [0.1, 0.15) is 17.1 Å². The van der Waals surface area contributed by atoms with Gasteiger partial charge in [-0.25, -0.2) is 0 Å². The summed E-state index contributed by atoms with van der Waals surface area (Å²) in [6, 6.07) is 3.60. The van der Waals surface area contributed by atoms with Gasteiger partial charge in [-0.1, -0.05) is 0 Å². The lowest BCUT2D eigenvalue weighted by atomic mass is 10.3. The van der Waals surface area contributed by atoms with Crippen LogP contribution in [-0.2, 0) is 11.3 Å². The second-order valence-corrected chi connectivity index (χ2v) is 4.43. The summed E-state index contributed by atoms with van der Waals surface area (Å²) in [5, 5.41) is 7.04. The second-order valence-electron chi connectivity index (χ2n) is 4.43. The number of anilines is 2. The SMILES string of the molecule is Cc1ncccc1NC(=O)Cn1nc(C)c(N)c1C. The molecule has 0 aliphatic carbocycles. The van der Waals surface area contributed by atoms with Gasteiger partial charge in [0.2, 0.25) is 5.91 Å². The maximum Gasteiger partial charge on any atom is 0.246 e. The fourth-order valence-electron chi connectivity index (χ4n) is 1.81. The second kappa shape index (κ2) is 5.09. The van der Waals surface area contributed by atoms with Crippen molar-refractivity contribution in [3.8, 4) is 0 Å². The average Bonchev–Trinajstić information content (AvgIpc) is 2.60. The normalized spacial score (nSPS) is 10.5. The minimum absolute atomic E-state index is 0.137. The molecule has 0 aliphatic heterocycles. The molecule has 0 fully saturated rings. The van der Waals surface area contributed by atoms with Gasteiger partial charge in [0.15, 0.2) is 0 Å². The van der Waals surface area contributed by atoms with Crippen LogP contribution in [0.4, 0.5) is 11.4 Å². The molecule has 2 aromatic rings. The van der Waals surface area contributed by atoms with Gasteiger partial charge in [-0.05, 0) is 32.9 Å². The molecule has 100 valence electrons. The number of nitrogens with one attached hydrogen (secondary N) is 1. The first-order chi connectivity index (χ1) is 8.99. The molecule has 3 N–H and O–H groups in total. The minimum Gasteiger partial charge on any atom is -0.396 e. The summed E-state index contributed by atoms with van der Waals surface area (Å²) < 4.78 is 1.60. The van der Waals surface area contributed by atoms with Crippen molar-refractivity contribution in [1.29, 1.82) is 0 Å². The Morgan fingerprint density at radius 3 is 2.68 bits per heavy atom. The predicted molar refractivity (Wildman–Crippen MR) is 73.7 cm³/mol. The van der Waals surface area contributed by atoms with Gasteiger partial charge in [0.05, 0.1) is 28.5 Å².